The Morgan fingerprint density at radius 3 is 2.78 bits per heavy atom. The summed E-state index contributed by atoms with van der Waals surface area (Å²) in [7, 11) is 0. The molecule has 0 unspecified atom stereocenters. The lowest BCUT2D eigenvalue weighted by atomic mass is 10.1. The first-order valence-electron chi connectivity index (χ1n) is 8.62. The van der Waals surface area contributed by atoms with E-state index in [0.29, 0.717) is 23.1 Å². The average Bonchev–Trinajstić information content (AvgIpc) is 2.68. The first-order valence-corrected chi connectivity index (χ1v) is 8.62. The number of nitriles is 1. The van der Waals surface area contributed by atoms with Crippen molar-refractivity contribution in [2.45, 2.75) is 26.3 Å². The summed E-state index contributed by atoms with van der Waals surface area (Å²) in [6.45, 7) is 4.10. The monoisotopic (exact) mass is 362 g/mol. The number of hydrogen-bond donors (Lipinski definition) is 2. The number of anilines is 3. The molecule has 0 aliphatic heterocycles. The van der Waals surface area contributed by atoms with E-state index in [1.54, 1.807) is 30.6 Å². The highest BCUT2D eigenvalue weighted by atomic mass is 19.1. The molecule has 7 heteroatoms. The largest absolute Gasteiger partial charge is 0.352 e. The van der Waals surface area contributed by atoms with Gasteiger partial charge in [-0.05, 0) is 37.6 Å². The lowest BCUT2D eigenvalue weighted by Crippen LogP contribution is -2.16. The van der Waals surface area contributed by atoms with Crippen molar-refractivity contribution < 1.29 is 4.39 Å². The summed E-state index contributed by atoms with van der Waals surface area (Å²) in [6.07, 6.45) is 4.31. The molecule has 1 aromatic carbocycles. The Balaban J connectivity index is 2.03. The fourth-order valence-electron chi connectivity index (χ4n) is 2.44. The Labute approximate surface area is 157 Å². The number of hydrogen-bond acceptors (Lipinski definition) is 6. The van der Waals surface area contributed by atoms with Gasteiger partial charge >= 0.3 is 0 Å². The van der Waals surface area contributed by atoms with Crippen LogP contribution in [-0.4, -0.2) is 21.0 Å². The molecule has 0 saturated heterocycles. The second kappa shape index (κ2) is 8.23. The lowest BCUT2D eigenvalue weighted by Gasteiger charge is -2.15. The van der Waals surface area contributed by atoms with E-state index in [1.165, 1.54) is 6.07 Å². The van der Waals surface area contributed by atoms with E-state index < -0.39 is 5.82 Å². The molecule has 3 aromatic rings. The van der Waals surface area contributed by atoms with Crippen LogP contribution in [-0.2, 0) is 0 Å². The maximum Gasteiger partial charge on any atom is 0.225 e. The van der Waals surface area contributed by atoms with Gasteiger partial charge in [0.15, 0.2) is 0 Å². The van der Waals surface area contributed by atoms with E-state index in [-0.39, 0.29) is 11.6 Å². The number of rotatable bonds is 6. The first-order chi connectivity index (χ1) is 13.1. The van der Waals surface area contributed by atoms with Crippen molar-refractivity contribution in [3.8, 4) is 17.3 Å². The van der Waals surface area contributed by atoms with Crippen LogP contribution in [0.1, 0.15) is 25.8 Å². The van der Waals surface area contributed by atoms with Crippen LogP contribution in [0, 0.1) is 17.1 Å². The summed E-state index contributed by atoms with van der Waals surface area (Å²) in [6, 6.07) is 12.0. The van der Waals surface area contributed by atoms with Crippen molar-refractivity contribution >= 4 is 17.5 Å². The maximum absolute atomic E-state index is 13.9. The third-order valence-corrected chi connectivity index (χ3v) is 4.06. The van der Waals surface area contributed by atoms with E-state index in [0.717, 1.165) is 12.0 Å². The number of halogens is 1. The molecule has 0 radical (unpaired) electrons. The molecule has 2 aromatic heterocycles. The summed E-state index contributed by atoms with van der Waals surface area (Å²) in [4.78, 5) is 13.1. The Bertz CT molecular complexity index is 968. The van der Waals surface area contributed by atoms with Gasteiger partial charge in [-0.15, -0.1) is 0 Å². The quantitative estimate of drug-likeness (QED) is 0.671. The van der Waals surface area contributed by atoms with Crippen LogP contribution in [0.4, 0.5) is 21.8 Å². The lowest BCUT2D eigenvalue weighted by molar-refractivity contribution is 0.624. The van der Waals surface area contributed by atoms with Gasteiger partial charge in [-0.25, -0.2) is 9.37 Å². The van der Waals surface area contributed by atoms with Crippen LogP contribution in [0.3, 0.4) is 0 Å². The predicted octanol–water partition coefficient (Wildman–Crippen LogP) is 4.50. The van der Waals surface area contributed by atoms with Crippen molar-refractivity contribution in [3.05, 3.63) is 60.2 Å². The summed E-state index contributed by atoms with van der Waals surface area (Å²) in [5.74, 6) is 0.321. The molecule has 2 heterocycles. The Morgan fingerprint density at radius 1 is 1.22 bits per heavy atom. The first kappa shape index (κ1) is 18.3. The zero-order valence-electron chi connectivity index (χ0n) is 15.1. The Morgan fingerprint density at radius 2 is 2.07 bits per heavy atom. The molecule has 0 bridgehead atoms. The number of pyridine rings is 1. The fraction of sp³-hybridized carbons (Fsp3) is 0.200. The topological polar surface area (TPSA) is 86.5 Å². The molecule has 0 saturated carbocycles. The smallest absolute Gasteiger partial charge is 0.225 e. The van der Waals surface area contributed by atoms with E-state index in [9.17, 15) is 9.65 Å². The third kappa shape index (κ3) is 4.36. The maximum atomic E-state index is 13.9. The van der Waals surface area contributed by atoms with Crippen LogP contribution in [0.25, 0.3) is 11.3 Å². The summed E-state index contributed by atoms with van der Waals surface area (Å²) < 4.78 is 13.9. The van der Waals surface area contributed by atoms with Crippen molar-refractivity contribution in [1.29, 1.82) is 5.26 Å². The van der Waals surface area contributed by atoms with E-state index in [1.807, 2.05) is 25.1 Å². The highest BCUT2D eigenvalue weighted by Gasteiger charge is 2.12. The molecule has 0 aliphatic carbocycles. The Kier molecular flexibility index (Phi) is 5.57. The number of aromatic nitrogens is 3. The number of nitrogens with one attached hydrogen (secondary N) is 2. The summed E-state index contributed by atoms with van der Waals surface area (Å²) in [5, 5.41) is 15.5. The Hall–Kier alpha value is -3.53. The van der Waals surface area contributed by atoms with Crippen LogP contribution in [0.2, 0.25) is 0 Å². The molecule has 27 heavy (non-hydrogen) atoms. The molecule has 0 spiro atoms. The molecule has 3 rings (SSSR count). The molecule has 0 amide bonds. The number of benzene rings is 1. The molecular weight excluding hydrogens is 343 g/mol. The normalized spacial score (nSPS) is 11.5. The van der Waals surface area contributed by atoms with E-state index in [4.69, 9.17) is 0 Å². The van der Waals surface area contributed by atoms with E-state index >= 15 is 0 Å². The van der Waals surface area contributed by atoms with Crippen molar-refractivity contribution in [3.63, 3.8) is 0 Å². The highest BCUT2D eigenvalue weighted by Crippen LogP contribution is 2.26. The molecule has 136 valence electrons. The zero-order chi connectivity index (χ0) is 19.2. The SMILES string of the molecule is CC[C@@H](C)Nc1nc(Nc2cccc(F)c2C#N)cc(-c2cccnc2)n1. The van der Waals surface area contributed by atoms with Gasteiger partial charge in [-0.3, -0.25) is 4.98 Å². The van der Waals surface area contributed by atoms with Gasteiger partial charge in [0.05, 0.1) is 11.4 Å². The predicted molar refractivity (Wildman–Crippen MR) is 103 cm³/mol. The molecule has 1 atom stereocenters. The standard InChI is InChI=1S/C20H19FN6/c1-3-13(2)24-20-26-18(14-6-5-9-23-12-14)10-19(27-20)25-17-8-4-7-16(21)15(17)11-22/h4-10,12-13H,3H2,1-2H3,(H2,24,25,26,27)/t13-/m1/s1. The van der Waals surface area contributed by atoms with Crippen molar-refractivity contribution in [2.24, 2.45) is 0 Å². The van der Waals surface area contributed by atoms with Gasteiger partial charge in [-0.1, -0.05) is 13.0 Å². The van der Waals surface area contributed by atoms with Gasteiger partial charge in [0.1, 0.15) is 23.3 Å². The second-order valence-electron chi connectivity index (χ2n) is 6.06. The third-order valence-electron chi connectivity index (χ3n) is 4.06. The molecule has 0 aliphatic rings. The minimum Gasteiger partial charge on any atom is -0.352 e. The zero-order valence-corrected chi connectivity index (χ0v) is 15.1. The van der Waals surface area contributed by atoms with Gasteiger partial charge in [0.25, 0.3) is 0 Å². The second-order valence-corrected chi connectivity index (χ2v) is 6.06. The van der Waals surface area contributed by atoms with Crippen LogP contribution < -0.4 is 10.6 Å². The molecular formula is C20H19FN6. The molecule has 2 N–H and O–H groups in total. The minimum absolute atomic E-state index is 0.0597. The van der Waals surface area contributed by atoms with Crippen LogP contribution in [0.15, 0.2) is 48.8 Å². The van der Waals surface area contributed by atoms with Gasteiger partial charge < -0.3 is 10.6 Å². The fourth-order valence-corrected chi connectivity index (χ4v) is 2.44. The van der Waals surface area contributed by atoms with Gasteiger partial charge in [0.2, 0.25) is 5.95 Å². The molecule has 6 nitrogen and oxygen atoms in total. The highest BCUT2D eigenvalue weighted by molar-refractivity contribution is 5.69. The van der Waals surface area contributed by atoms with Crippen LogP contribution >= 0.6 is 0 Å². The van der Waals surface area contributed by atoms with Gasteiger partial charge in [-0.2, -0.15) is 10.2 Å². The average molecular weight is 362 g/mol. The van der Waals surface area contributed by atoms with E-state index in [2.05, 4.69) is 32.5 Å². The minimum atomic E-state index is -0.581. The summed E-state index contributed by atoms with van der Waals surface area (Å²) in [5.41, 5.74) is 1.79. The summed E-state index contributed by atoms with van der Waals surface area (Å²) >= 11 is 0. The van der Waals surface area contributed by atoms with Crippen molar-refractivity contribution in [2.75, 3.05) is 10.6 Å². The number of nitrogens with zero attached hydrogens (tertiary/aromatic N) is 4. The van der Waals surface area contributed by atoms with Crippen molar-refractivity contribution in [1.82, 2.24) is 15.0 Å². The van der Waals surface area contributed by atoms with Crippen LogP contribution in [0.5, 0.6) is 0 Å². The molecule has 0 fully saturated rings. The van der Waals surface area contributed by atoms with Gasteiger partial charge in [0, 0.05) is 30.1 Å².